The normalized spacial score (nSPS) is 11.5. The van der Waals surface area contributed by atoms with E-state index < -0.39 is 0 Å². The Morgan fingerprint density at radius 1 is 1.06 bits per heavy atom. The highest BCUT2D eigenvalue weighted by Gasteiger charge is 2.19. The molecule has 0 saturated carbocycles. The molecule has 0 bridgehead atoms. The van der Waals surface area contributed by atoms with Crippen molar-refractivity contribution in [3.63, 3.8) is 0 Å². The lowest BCUT2D eigenvalue weighted by atomic mass is 9.94. The molecule has 3 aromatic carbocycles. The van der Waals surface area contributed by atoms with Gasteiger partial charge in [0.05, 0.1) is 12.0 Å². The molecule has 0 aliphatic rings. The molecule has 34 heavy (non-hydrogen) atoms. The molecular weight excluding hydrogens is 422 g/mol. The fourth-order valence-corrected chi connectivity index (χ4v) is 4.01. The van der Waals surface area contributed by atoms with Gasteiger partial charge in [0.25, 0.3) is 0 Å². The highest BCUT2D eigenvalue weighted by Crippen LogP contribution is 2.28. The van der Waals surface area contributed by atoms with Crippen molar-refractivity contribution in [2.45, 2.75) is 38.7 Å². The third kappa shape index (κ3) is 5.60. The summed E-state index contributed by atoms with van der Waals surface area (Å²) in [4.78, 5) is 17.5. The third-order valence-electron chi connectivity index (χ3n) is 5.87. The van der Waals surface area contributed by atoms with E-state index in [0.29, 0.717) is 25.3 Å². The van der Waals surface area contributed by atoms with Crippen LogP contribution in [0.2, 0.25) is 0 Å². The minimum Gasteiger partial charge on any atom is -0.473 e. The standard InChI is InChI=1S/C29H27N3O2/c1-21(25-13-8-11-23-9-2-3-12-26(23)25)29(33)32-27-19-22(15-16-24(27)10-4-6-17-30)20-34-28-14-5-7-18-31-28/h2-3,5,7-9,11-16,18-19,21H,4,6,10,20H2,1H3,(H,32,33). The van der Waals surface area contributed by atoms with Crippen LogP contribution in [0, 0.1) is 11.3 Å². The molecule has 4 aromatic rings. The van der Waals surface area contributed by atoms with Crippen molar-refractivity contribution in [1.29, 1.82) is 5.26 Å². The number of aromatic nitrogens is 1. The van der Waals surface area contributed by atoms with Gasteiger partial charge in [-0.1, -0.05) is 60.7 Å². The van der Waals surface area contributed by atoms with E-state index in [-0.39, 0.29) is 11.8 Å². The van der Waals surface area contributed by atoms with Gasteiger partial charge in [-0.05, 0) is 59.4 Å². The summed E-state index contributed by atoms with van der Waals surface area (Å²) in [7, 11) is 0. The maximum atomic E-state index is 13.3. The van der Waals surface area contributed by atoms with Gasteiger partial charge < -0.3 is 10.1 Å². The average Bonchev–Trinajstić information content (AvgIpc) is 2.88. The second-order valence-corrected chi connectivity index (χ2v) is 8.24. The number of fused-ring (bicyclic) bond motifs is 1. The van der Waals surface area contributed by atoms with Gasteiger partial charge in [0.15, 0.2) is 0 Å². The Labute approximate surface area is 200 Å². The van der Waals surface area contributed by atoms with E-state index in [1.807, 2.05) is 67.6 Å². The minimum absolute atomic E-state index is 0.0688. The summed E-state index contributed by atoms with van der Waals surface area (Å²) in [5.74, 6) is 0.155. The number of carbonyl (C=O) groups is 1. The minimum atomic E-state index is -0.327. The van der Waals surface area contributed by atoms with Gasteiger partial charge in [0.2, 0.25) is 11.8 Å². The Hall–Kier alpha value is -4.17. The second-order valence-electron chi connectivity index (χ2n) is 8.24. The smallest absolute Gasteiger partial charge is 0.231 e. The summed E-state index contributed by atoms with van der Waals surface area (Å²) >= 11 is 0. The van der Waals surface area contributed by atoms with Crippen LogP contribution in [0.3, 0.4) is 0 Å². The van der Waals surface area contributed by atoms with Crippen LogP contribution in [0.5, 0.6) is 5.88 Å². The molecule has 1 amide bonds. The van der Waals surface area contributed by atoms with E-state index in [9.17, 15) is 4.79 Å². The molecule has 1 N–H and O–H groups in total. The number of rotatable bonds is 9. The van der Waals surface area contributed by atoms with Crippen molar-refractivity contribution >= 4 is 22.4 Å². The summed E-state index contributed by atoms with van der Waals surface area (Å²) < 4.78 is 5.79. The maximum Gasteiger partial charge on any atom is 0.231 e. The molecule has 0 spiro atoms. The molecule has 1 unspecified atom stereocenters. The summed E-state index contributed by atoms with van der Waals surface area (Å²) in [6.07, 6.45) is 3.62. The Morgan fingerprint density at radius 2 is 1.88 bits per heavy atom. The molecule has 0 radical (unpaired) electrons. The highest BCUT2D eigenvalue weighted by atomic mass is 16.5. The first-order chi connectivity index (χ1) is 16.7. The number of amides is 1. The van der Waals surface area contributed by atoms with E-state index in [1.165, 1.54) is 0 Å². The number of carbonyl (C=O) groups excluding carboxylic acids is 1. The lowest BCUT2D eigenvalue weighted by Crippen LogP contribution is -2.20. The molecular formula is C29H27N3O2. The van der Waals surface area contributed by atoms with Crippen molar-refractivity contribution in [2.75, 3.05) is 5.32 Å². The quantitative estimate of drug-likeness (QED) is 0.300. The Kier molecular flexibility index (Phi) is 7.52. The molecule has 0 aliphatic heterocycles. The Bertz CT molecular complexity index is 1310. The lowest BCUT2D eigenvalue weighted by Gasteiger charge is -2.18. The van der Waals surface area contributed by atoms with Crippen LogP contribution in [-0.4, -0.2) is 10.9 Å². The molecule has 4 rings (SSSR count). The van der Waals surface area contributed by atoms with Crippen molar-refractivity contribution in [3.05, 3.63) is 102 Å². The fraction of sp³-hybridized carbons (Fsp3) is 0.207. The molecule has 170 valence electrons. The number of ether oxygens (including phenoxy) is 1. The van der Waals surface area contributed by atoms with E-state index in [4.69, 9.17) is 10.00 Å². The van der Waals surface area contributed by atoms with Crippen molar-refractivity contribution < 1.29 is 9.53 Å². The predicted octanol–water partition coefficient (Wildman–Crippen LogP) is 6.40. The van der Waals surface area contributed by atoms with Gasteiger partial charge in [-0.15, -0.1) is 0 Å². The van der Waals surface area contributed by atoms with Gasteiger partial charge in [-0.3, -0.25) is 4.79 Å². The predicted molar refractivity (Wildman–Crippen MR) is 135 cm³/mol. The van der Waals surface area contributed by atoms with Crippen LogP contribution < -0.4 is 10.1 Å². The number of nitriles is 1. The third-order valence-corrected chi connectivity index (χ3v) is 5.87. The van der Waals surface area contributed by atoms with Crippen molar-refractivity contribution in [3.8, 4) is 11.9 Å². The van der Waals surface area contributed by atoms with Gasteiger partial charge in [0.1, 0.15) is 6.61 Å². The van der Waals surface area contributed by atoms with E-state index in [1.54, 1.807) is 6.20 Å². The fourth-order valence-electron chi connectivity index (χ4n) is 4.01. The number of anilines is 1. The first-order valence-electron chi connectivity index (χ1n) is 11.5. The zero-order valence-electron chi connectivity index (χ0n) is 19.2. The summed E-state index contributed by atoms with van der Waals surface area (Å²) in [6.45, 7) is 2.28. The van der Waals surface area contributed by atoms with Gasteiger partial charge in [-0.2, -0.15) is 5.26 Å². The van der Waals surface area contributed by atoms with Crippen LogP contribution in [0.15, 0.2) is 85.1 Å². The largest absolute Gasteiger partial charge is 0.473 e. The van der Waals surface area contributed by atoms with E-state index in [2.05, 4.69) is 34.6 Å². The molecule has 5 nitrogen and oxygen atoms in total. The molecule has 0 fully saturated rings. The zero-order chi connectivity index (χ0) is 23.8. The number of benzene rings is 3. The average molecular weight is 450 g/mol. The first kappa shape index (κ1) is 23.0. The number of unbranched alkanes of at least 4 members (excludes halogenated alkanes) is 1. The molecule has 0 aliphatic carbocycles. The molecule has 0 saturated heterocycles. The molecule has 1 aromatic heterocycles. The summed E-state index contributed by atoms with van der Waals surface area (Å²) in [5, 5.41) is 14.3. The van der Waals surface area contributed by atoms with Gasteiger partial charge in [0, 0.05) is 24.4 Å². The zero-order valence-corrected chi connectivity index (χ0v) is 19.2. The summed E-state index contributed by atoms with van der Waals surface area (Å²) in [5.41, 5.74) is 3.70. The van der Waals surface area contributed by atoms with Crippen LogP contribution in [0.4, 0.5) is 5.69 Å². The van der Waals surface area contributed by atoms with Crippen LogP contribution in [0.1, 0.15) is 42.4 Å². The number of hydrogen-bond donors (Lipinski definition) is 1. The van der Waals surface area contributed by atoms with Crippen molar-refractivity contribution in [1.82, 2.24) is 4.98 Å². The highest BCUT2D eigenvalue weighted by molar-refractivity contribution is 5.99. The van der Waals surface area contributed by atoms with Crippen molar-refractivity contribution in [2.24, 2.45) is 0 Å². The topological polar surface area (TPSA) is 75.0 Å². The summed E-state index contributed by atoms with van der Waals surface area (Å²) in [6, 6.07) is 27.8. The maximum absolute atomic E-state index is 13.3. The molecule has 1 atom stereocenters. The molecule has 5 heteroatoms. The van der Waals surface area contributed by atoms with Crippen LogP contribution in [-0.2, 0) is 17.8 Å². The monoisotopic (exact) mass is 449 g/mol. The van der Waals surface area contributed by atoms with Gasteiger partial charge >= 0.3 is 0 Å². The van der Waals surface area contributed by atoms with Crippen LogP contribution in [0.25, 0.3) is 10.8 Å². The number of hydrogen-bond acceptors (Lipinski definition) is 4. The lowest BCUT2D eigenvalue weighted by molar-refractivity contribution is -0.117. The number of nitrogens with one attached hydrogen (secondary N) is 1. The first-order valence-corrected chi connectivity index (χ1v) is 11.5. The Morgan fingerprint density at radius 3 is 2.71 bits per heavy atom. The number of pyridine rings is 1. The van der Waals surface area contributed by atoms with Gasteiger partial charge in [-0.25, -0.2) is 4.98 Å². The number of nitrogens with zero attached hydrogens (tertiary/aromatic N) is 2. The Balaban J connectivity index is 1.55. The van der Waals surface area contributed by atoms with Crippen LogP contribution >= 0.6 is 0 Å². The SMILES string of the molecule is CC(C(=O)Nc1cc(COc2ccccn2)ccc1CCCC#N)c1cccc2ccccc12. The number of aryl methyl sites for hydroxylation is 1. The molecule has 1 heterocycles. The van der Waals surface area contributed by atoms with E-state index in [0.717, 1.165) is 39.6 Å². The second kappa shape index (κ2) is 11.1. The van der Waals surface area contributed by atoms with E-state index >= 15 is 0 Å².